The van der Waals surface area contributed by atoms with Gasteiger partial charge in [-0.2, -0.15) is 4.98 Å². The van der Waals surface area contributed by atoms with E-state index >= 15 is 4.57 Å². The van der Waals surface area contributed by atoms with Gasteiger partial charge in [-0.3, -0.25) is 37.6 Å². The molecular weight excluding hydrogens is 1050 g/mol. The standard InChI is InChI=1S/C55H72N5O18P/c1-33(2)60(34(3)4)79(67,73-29-15-28-70-53-50(57-36(6)62)52(75-39(9)65)51(74-38(8)64)47(77-53)31-71-37(7)63)78-45-30-49(59-27-26-48(56-35(5)61)58-54(59)66)76-46(45)32-72-55(40-16-13-12-14-17-40,41-18-22-43(68-10)23-19-41)42-20-24-44(69-11)25-21-42/h12-14,16-27,33-34,45-47,49-53H,15,28-32H2,1-11H3,(H,57,62)(H,56,58,61,66)/t45-,46+,47+,49+,50+,51+,52+,53+,79?/m0/s1. The fourth-order valence-corrected chi connectivity index (χ4v) is 12.0. The Labute approximate surface area is 459 Å². The number of anilines is 1. The maximum absolute atomic E-state index is 15.8. The molecule has 23 nitrogen and oxygen atoms in total. The summed E-state index contributed by atoms with van der Waals surface area (Å²) in [5.74, 6) is -1.90. The van der Waals surface area contributed by atoms with Crippen molar-refractivity contribution >= 4 is 43.3 Å². The van der Waals surface area contributed by atoms with Crippen molar-refractivity contribution < 1.29 is 80.2 Å². The van der Waals surface area contributed by atoms with Crippen molar-refractivity contribution in [2.75, 3.05) is 46.0 Å². The van der Waals surface area contributed by atoms with E-state index < -0.39 is 117 Å². The highest BCUT2D eigenvalue weighted by molar-refractivity contribution is 7.51. The predicted molar refractivity (Wildman–Crippen MR) is 285 cm³/mol. The van der Waals surface area contributed by atoms with E-state index in [9.17, 15) is 28.8 Å². The summed E-state index contributed by atoms with van der Waals surface area (Å²) in [5, 5.41) is 5.19. The number of hydrogen-bond acceptors (Lipinski definition) is 19. The van der Waals surface area contributed by atoms with Gasteiger partial charge in [0.05, 0.1) is 34.0 Å². The summed E-state index contributed by atoms with van der Waals surface area (Å²) >= 11 is 0. The first kappa shape index (κ1) is 61.6. The summed E-state index contributed by atoms with van der Waals surface area (Å²) in [6, 6.07) is 23.9. The number of ether oxygens (including phenoxy) is 9. The zero-order chi connectivity index (χ0) is 57.6. The summed E-state index contributed by atoms with van der Waals surface area (Å²) in [6.45, 7) is 12.3. The van der Waals surface area contributed by atoms with Crippen LogP contribution in [0.3, 0.4) is 0 Å². The van der Waals surface area contributed by atoms with Crippen molar-refractivity contribution in [3.63, 3.8) is 0 Å². The number of amides is 2. The van der Waals surface area contributed by atoms with Gasteiger partial charge in [0.2, 0.25) is 11.8 Å². The number of hydrogen-bond donors (Lipinski definition) is 2. The molecule has 2 N–H and O–H groups in total. The second kappa shape index (κ2) is 28.0. The predicted octanol–water partition coefficient (Wildman–Crippen LogP) is 6.21. The van der Waals surface area contributed by atoms with Crippen molar-refractivity contribution in [2.45, 2.75) is 142 Å². The van der Waals surface area contributed by atoms with E-state index in [0.29, 0.717) is 11.5 Å². The maximum atomic E-state index is 15.8. The minimum Gasteiger partial charge on any atom is -0.497 e. The topological polar surface area (TPSA) is 266 Å². The molecule has 6 rings (SSSR count). The van der Waals surface area contributed by atoms with Crippen LogP contribution in [0.1, 0.15) is 98.1 Å². The number of nitrogens with one attached hydrogen (secondary N) is 2. The quantitative estimate of drug-likeness (QED) is 0.0233. The van der Waals surface area contributed by atoms with Gasteiger partial charge in [0, 0.05) is 59.3 Å². The van der Waals surface area contributed by atoms with Gasteiger partial charge in [0.25, 0.3) is 0 Å². The van der Waals surface area contributed by atoms with Crippen molar-refractivity contribution in [2.24, 2.45) is 0 Å². The lowest BCUT2D eigenvalue weighted by Gasteiger charge is -2.45. The van der Waals surface area contributed by atoms with E-state index in [-0.39, 0.29) is 38.5 Å². The van der Waals surface area contributed by atoms with Crippen LogP contribution in [0.4, 0.5) is 5.82 Å². The zero-order valence-electron chi connectivity index (χ0n) is 46.3. The molecule has 430 valence electrons. The van der Waals surface area contributed by atoms with Crippen LogP contribution in [-0.4, -0.2) is 140 Å². The lowest BCUT2D eigenvalue weighted by Crippen LogP contribution is -2.66. The van der Waals surface area contributed by atoms with Gasteiger partial charge in [-0.05, 0) is 81.1 Å². The number of aromatic nitrogens is 2. The minimum absolute atomic E-state index is 0.0374. The first-order valence-corrected chi connectivity index (χ1v) is 27.3. The minimum atomic E-state index is -4.40. The van der Waals surface area contributed by atoms with Crippen LogP contribution in [-0.2, 0) is 76.3 Å². The number of nitrogens with zero attached hydrogens (tertiary/aromatic N) is 3. The molecule has 9 atom stereocenters. The molecule has 2 fully saturated rings. The van der Waals surface area contributed by atoms with Gasteiger partial charge < -0.3 is 53.3 Å². The molecule has 0 bridgehead atoms. The molecule has 4 aromatic rings. The Morgan fingerprint density at radius 1 is 0.734 bits per heavy atom. The van der Waals surface area contributed by atoms with Crippen molar-refractivity contribution in [3.05, 3.63) is 118 Å². The van der Waals surface area contributed by atoms with Gasteiger partial charge in [0.1, 0.15) is 60.1 Å². The fraction of sp³-hybridized carbons (Fsp3) is 0.509. The molecule has 0 saturated carbocycles. The van der Waals surface area contributed by atoms with Crippen molar-refractivity contribution in [1.29, 1.82) is 0 Å². The van der Waals surface area contributed by atoms with E-state index in [0.717, 1.165) is 30.5 Å². The van der Waals surface area contributed by atoms with Crippen molar-refractivity contribution in [1.82, 2.24) is 19.5 Å². The largest absolute Gasteiger partial charge is 0.497 e. The Balaban J connectivity index is 1.34. The van der Waals surface area contributed by atoms with Gasteiger partial charge in [0.15, 0.2) is 18.5 Å². The highest BCUT2D eigenvalue weighted by atomic mass is 31.2. The molecule has 0 spiro atoms. The van der Waals surface area contributed by atoms with Crippen LogP contribution in [0.25, 0.3) is 0 Å². The molecular formula is C55H72N5O18P. The average Bonchev–Trinajstić information content (AvgIpc) is 3.79. The molecule has 24 heteroatoms. The molecule has 2 amide bonds. The van der Waals surface area contributed by atoms with E-state index in [1.165, 1.54) is 37.6 Å². The molecule has 2 aliphatic rings. The normalized spacial score (nSPS) is 21.9. The van der Waals surface area contributed by atoms with E-state index in [1.54, 1.807) is 18.9 Å². The lowest BCUT2D eigenvalue weighted by molar-refractivity contribution is -0.278. The summed E-state index contributed by atoms with van der Waals surface area (Å²) in [5.41, 5.74) is 0.134. The Morgan fingerprint density at radius 2 is 1.32 bits per heavy atom. The maximum Gasteiger partial charge on any atom is 0.409 e. The first-order valence-electron chi connectivity index (χ1n) is 25.8. The number of rotatable bonds is 26. The number of benzene rings is 3. The van der Waals surface area contributed by atoms with Crippen LogP contribution >= 0.6 is 7.75 Å². The number of methoxy groups -OCH3 is 2. The SMILES string of the molecule is COc1ccc(C(OC[C@H]2O[C@@H](n3ccc(NC(C)=O)nc3=O)C[C@@H]2OP(=O)(OCCCO[C@@H]2O[C@H](COC(C)=O)[C@@H](OC(C)=O)[C@H](OC(C)=O)[C@H]2NC(C)=O)N(C(C)C)C(C)C)(c2ccccc2)c2ccc(OC)cc2)cc1. The average molecular weight is 1120 g/mol. The molecule has 0 radical (unpaired) electrons. The van der Waals surface area contributed by atoms with E-state index in [4.69, 9.17) is 51.7 Å². The highest BCUT2D eigenvalue weighted by Gasteiger charge is 2.52. The van der Waals surface area contributed by atoms with Crippen LogP contribution in [0.2, 0.25) is 0 Å². The van der Waals surface area contributed by atoms with Gasteiger partial charge in [-0.1, -0.05) is 54.6 Å². The molecule has 0 aliphatic carbocycles. The van der Waals surface area contributed by atoms with Gasteiger partial charge in [-0.25, -0.2) is 14.0 Å². The molecule has 1 unspecified atom stereocenters. The third-order valence-corrected chi connectivity index (χ3v) is 15.3. The number of carbonyl (C=O) groups is 5. The summed E-state index contributed by atoms with van der Waals surface area (Å²) < 4.78 is 85.6. The molecule has 2 aliphatic heterocycles. The molecule has 3 aromatic carbocycles. The molecule has 1 aromatic heterocycles. The van der Waals surface area contributed by atoms with Crippen LogP contribution in [0.15, 0.2) is 95.9 Å². The van der Waals surface area contributed by atoms with E-state index in [1.807, 2.05) is 107 Å². The highest BCUT2D eigenvalue weighted by Crippen LogP contribution is 2.57. The molecule has 79 heavy (non-hydrogen) atoms. The molecule has 2 saturated heterocycles. The summed E-state index contributed by atoms with van der Waals surface area (Å²) in [6.07, 6.45) is -6.96. The number of esters is 3. The van der Waals surface area contributed by atoms with Crippen molar-refractivity contribution in [3.8, 4) is 11.5 Å². The lowest BCUT2D eigenvalue weighted by atomic mass is 9.80. The number of carbonyl (C=O) groups excluding carboxylic acids is 5. The first-order chi connectivity index (χ1) is 37.6. The second-order valence-electron chi connectivity index (χ2n) is 19.3. The van der Waals surface area contributed by atoms with Gasteiger partial charge in [-0.15, -0.1) is 0 Å². The summed E-state index contributed by atoms with van der Waals surface area (Å²) in [7, 11) is -1.24. The van der Waals surface area contributed by atoms with E-state index in [2.05, 4.69) is 15.6 Å². The summed E-state index contributed by atoms with van der Waals surface area (Å²) in [4.78, 5) is 78.8. The third kappa shape index (κ3) is 15.8. The zero-order valence-corrected chi connectivity index (χ0v) is 47.2. The van der Waals surface area contributed by atoms with Crippen LogP contribution < -0.4 is 25.8 Å². The second-order valence-corrected chi connectivity index (χ2v) is 21.2. The Morgan fingerprint density at radius 3 is 1.84 bits per heavy atom. The molecule has 3 heterocycles. The van der Waals surface area contributed by atoms with Crippen LogP contribution in [0.5, 0.6) is 11.5 Å². The fourth-order valence-electron chi connectivity index (χ4n) is 9.65. The van der Waals surface area contributed by atoms with Gasteiger partial charge >= 0.3 is 31.3 Å². The monoisotopic (exact) mass is 1120 g/mol. The van der Waals surface area contributed by atoms with Crippen LogP contribution in [0, 0.1) is 0 Å². The Kier molecular flexibility index (Phi) is 21.9. The smallest absolute Gasteiger partial charge is 0.409 e. The third-order valence-electron chi connectivity index (χ3n) is 12.8. The Hall–Kier alpha value is -6.56. The Bertz CT molecular complexity index is 2740.